The molecule has 0 saturated carbocycles. The summed E-state index contributed by atoms with van der Waals surface area (Å²) in [5.41, 5.74) is 9.48. The number of benzene rings is 1. The van der Waals surface area contributed by atoms with Gasteiger partial charge in [0, 0.05) is 50.2 Å². The first kappa shape index (κ1) is 34.5. The first-order valence-electron chi connectivity index (χ1n) is 12.2. The molecule has 1 aromatic rings. The number of hydrogen-bond donors (Lipinski definition) is 4. The monoisotopic (exact) mass is 579 g/mol. The molecule has 0 aliphatic heterocycles. The standard InChI is InChI=1S/C24H33N7O10/c1-28(11-19(32)10-17-2-4-18(5-3-17)26-27-25)20(33)12-30(14-22(36)37)8-6-29(13-21(34)35)7-9-31(15-23(38)39)16-24(40)41/h2-5H,6-16H2,1H3,(H,34,35)(H,36,37)(H,38,39)(H,40,41). The minimum Gasteiger partial charge on any atom is -0.480 e. The zero-order valence-electron chi connectivity index (χ0n) is 22.5. The molecule has 1 rings (SSSR count). The van der Waals surface area contributed by atoms with Gasteiger partial charge in [0.05, 0.1) is 39.3 Å². The summed E-state index contributed by atoms with van der Waals surface area (Å²) in [6.45, 7) is -2.97. The Morgan fingerprint density at radius 2 is 1.10 bits per heavy atom. The smallest absolute Gasteiger partial charge is 0.317 e. The normalized spacial score (nSPS) is 10.8. The number of carboxylic acids is 4. The molecule has 0 bridgehead atoms. The average Bonchev–Trinajstić information content (AvgIpc) is 2.85. The molecule has 4 N–H and O–H groups in total. The van der Waals surface area contributed by atoms with Crippen molar-refractivity contribution in [2.75, 3.05) is 72.5 Å². The van der Waals surface area contributed by atoms with Gasteiger partial charge in [-0.1, -0.05) is 29.4 Å². The zero-order chi connectivity index (χ0) is 30.9. The van der Waals surface area contributed by atoms with Crippen molar-refractivity contribution in [3.8, 4) is 0 Å². The number of carboxylic acid groups (broad SMARTS) is 4. The second-order valence-electron chi connectivity index (χ2n) is 9.09. The Kier molecular flexibility index (Phi) is 15.0. The predicted octanol–water partition coefficient (Wildman–Crippen LogP) is -0.557. The topological polar surface area (TPSA) is 245 Å². The van der Waals surface area contributed by atoms with Crippen LogP contribution in [0.1, 0.15) is 5.56 Å². The highest BCUT2D eigenvalue weighted by molar-refractivity contribution is 5.88. The largest absolute Gasteiger partial charge is 0.480 e. The van der Waals surface area contributed by atoms with Crippen LogP contribution in [-0.2, 0) is 35.2 Å². The molecule has 0 spiro atoms. The van der Waals surface area contributed by atoms with E-state index in [1.54, 1.807) is 24.3 Å². The number of carbonyl (C=O) groups excluding carboxylic acids is 2. The summed E-state index contributed by atoms with van der Waals surface area (Å²) in [7, 11) is 1.39. The van der Waals surface area contributed by atoms with Gasteiger partial charge in [0.15, 0.2) is 5.78 Å². The molecule has 0 saturated heterocycles. The van der Waals surface area contributed by atoms with Gasteiger partial charge in [-0.15, -0.1) is 0 Å². The van der Waals surface area contributed by atoms with Gasteiger partial charge in [0.2, 0.25) is 5.91 Å². The number of rotatable bonds is 21. The Morgan fingerprint density at radius 1 is 0.683 bits per heavy atom. The SMILES string of the molecule is CN(CC(=O)Cc1ccc(N=[N+]=[N-])cc1)C(=O)CN(CCN(CCN(CC(=O)O)CC(=O)O)CC(=O)O)CC(=O)O. The summed E-state index contributed by atoms with van der Waals surface area (Å²) in [5.74, 6) is -5.79. The van der Waals surface area contributed by atoms with Crippen molar-refractivity contribution < 1.29 is 49.2 Å². The fourth-order valence-corrected chi connectivity index (χ4v) is 3.71. The van der Waals surface area contributed by atoms with Gasteiger partial charge in [-0.05, 0) is 11.1 Å². The molecule has 0 fully saturated rings. The molecular weight excluding hydrogens is 546 g/mol. The van der Waals surface area contributed by atoms with Crippen molar-refractivity contribution in [2.45, 2.75) is 6.42 Å². The number of aliphatic carboxylic acids is 4. The van der Waals surface area contributed by atoms with Gasteiger partial charge >= 0.3 is 23.9 Å². The number of likely N-dealkylation sites (N-methyl/N-ethyl adjacent to an activating group) is 1. The van der Waals surface area contributed by atoms with Gasteiger partial charge in [-0.2, -0.15) is 0 Å². The lowest BCUT2D eigenvalue weighted by atomic mass is 10.1. The molecule has 0 aliphatic rings. The van der Waals surface area contributed by atoms with Crippen LogP contribution in [0.25, 0.3) is 10.4 Å². The number of ketones is 1. The Labute approximate surface area is 234 Å². The average molecular weight is 580 g/mol. The number of hydrogen-bond acceptors (Lipinski definition) is 10. The fraction of sp³-hybridized carbons (Fsp3) is 0.500. The van der Waals surface area contributed by atoms with E-state index in [1.165, 1.54) is 16.8 Å². The fourth-order valence-electron chi connectivity index (χ4n) is 3.71. The van der Waals surface area contributed by atoms with Gasteiger partial charge in [0.25, 0.3) is 0 Å². The highest BCUT2D eigenvalue weighted by Crippen LogP contribution is 2.13. The van der Waals surface area contributed by atoms with Crippen LogP contribution in [0.3, 0.4) is 0 Å². The number of amides is 1. The number of azide groups is 1. The molecule has 1 aromatic carbocycles. The van der Waals surface area contributed by atoms with Crippen molar-refractivity contribution in [3.05, 3.63) is 40.3 Å². The van der Waals surface area contributed by atoms with Gasteiger partial charge in [-0.3, -0.25) is 43.5 Å². The molecular formula is C24H33N7O10. The summed E-state index contributed by atoms with van der Waals surface area (Å²) < 4.78 is 0. The second kappa shape index (κ2) is 17.9. The minimum absolute atomic E-state index is 0.0118. The Balaban J connectivity index is 2.76. The summed E-state index contributed by atoms with van der Waals surface area (Å²) >= 11 is 0. The number of nitrogens with zero attached hydrogens (tertiary/aromatic N) is 7. The third-order valence-corrected chi connectivity index (χ3v) is 5.60. The van der Waals surface area contributed by atoms with Crippen molar-refractivity contribution in [3.63, 3.8) is 0 Å². The Morgan fingerprint density at radius 3 is 1.54 bits per heavy atom. The Hall–Kier alpha value is -4.57. The van der Waals surface area contributed by atoms with E-state index in [9.17, 15) is 39.0 Å². The molecule has 17 nitrogen and oxygen atoms in total. The molecule has 0 atom stereocenters. The van der Waals surface area contributed by atoms with E-state index < -0.39 is 56.0 Å². The lowest BCUT2D eigenvalue weighted by molar-refractivity contribution is -0.143. The van der Waals surface area contributed by atoms with Crippen LogP contribution in [-0.4, -0.2) is 148 Å². The zero-order valence-corrected chi connectivity index (χ0v) is 22.5. The highest BCUT2D eigenvalue weighted by Gasteiger charge is 2.21. The predicted molar refractivity (Wildman–Crippen MR) is 141 cm³/mol. The van der Waals surface area contributed by atoms with Gasteiger partial charge in [-0.25, -0.2) is 0 Å². The lowest BCUT2D eigenvalue weighted by Crippen LogP contribution is -2.47. The Bertz CT molecular complexity index is 1120. The van der Waals surface area contributed by atoms with Gasteiger partial charge < -0.3 is 25.3 Å². The van der Waals surface area contributed by atoms with Crippen LogP contribution in [0.5, 0.6) is 0 Å². The first-order chi connectivity index (χ1) is 19.3. The third-order valence-electron chi connectivity index (χ3n) is 5.60. The maximum absolute atomic E-state index is 12.7. The van der Waals surface area contributed by atoms with Crippen LogP contribution in [0.15, 0.2) is 29.4 Å². The second-order valence-corrected chi connectivity index (χ2v) is 9.09. The summed E-state index contributed by atoms with van der Waals surface area (Å²) in [6.07, 6.45) is 0.0118. The van der Waals surface area contributed by atoms with Crippen molar-refractivity contribution >= 4 is 41.3 Å². The highest BCUT2D eigenvalue weighted by atomic mass is 16.4. The van der Waals surface area contributed by atoms with Crippen LogP contribution in [0, 0.1) is 0 Å². The molecule has 224 valence electrons. The molecule has 0 aliphatic carbocycles. The maximum atomic E-state index is 12.7. The van der Waals surface area contributed by atoms with Crippen molar-refractivity contribution in [1.29, 1.82) is 0 Å². The molecule has 41 heavy (non-hydrogen) atoms. The van der Waals surface area contributed by atoms with E-state index in [4.69, 9.17) is 15.7 Å². The van der Waals surface area contributed by atoms with Crippen LogP contribution >= 0.6 is 0 Å². The quantitative estimate of drug-likeness (QED) is 0.0811. The van der Waals surface area contributed by atoms with E-state index in [0.29, 0.717) is 11.3 Å². The molecule has 1 amide bonds. The first-order valence-corrected chi connectivity index (χ1v) is 12.2. The van der Waals surface area contributed by atoms with E-state index >= 15 is 0 Å². The van der Waals surface area contributed by atoms with Gasteiger partial charge in [0.1, 0.15) is 0 Å². The molecule has 0 heterocycles. The van der Waals surface area contributed by atoms with Crippen LogP contribution in [0.2, 0.25) is 0 Å². The molecule has 0 aromatic heterocycles. The van der Waals surface area contributed by atoms with Crippen molar-refractivity contribution in [2.24, 2.45) is 5.11 Å². The summed E-state index contributed by atoms with van der Waals surface area (Å²) in [6, 6.07) is 6.32. The minimum atomic E-state index is -1.26. The molecule has 17 heteroatoms. The summed E-state index contributed by atoms with van der Waals surface area (Å²) in [5, 5.41) is 39.9. The van der Waals surface area contributed by atoms with Crippen molar-refractivity contribution in [1.82, 2.24) is 19.6 Å². The number of Topliss-reactive ketones (excluding diaryl/α,β-unsaturated/α-hetero) is 1. The maximum Gasteiger partial charge on any atom is 0.317 e. The van der Waals surface area contributed by atoms with E-state index in [1.807, 2.05) is 0 Å². The molecule has 0 radical (unpaired) electrons. The number of carbonyl (C=O) groups is 6. The van der Waals surface area contributed by atoms with E-state index in [-0.39, 0.29) is 51.5 Å². The lowest BCUT2D eigenvalue weighted by Gasteiger charge is -2.28. The molecule has 0 unspecified atom stereocenters. The van der Waals surface area contributed by atoms with Crippen LogP contribution < -0.4 is 0 Å². The van der Waals surface area contributed by atoms with Crippen LogP contribution in [0.4, 0.5) is 5.69 Å². The summed E-state index contributed by atoms with van der Waals surface area (Å²) in [4.78, 5) is 77.5. The van der Waals surface area contributed by atoms with E-state index in [0.717, 1.165) is 9.80 Å². The van der Waals surface area contributed by atoms with E-state index in [2.05, 4.69) is 10.0 Å². The third kappa shape index (κ3) is 15.6.